The average molecular weight is 407 g/mol. The first-order valence-corrected chi connectivity index (χ1v) is 11.0. The number of nitrogens with one attached hydrogen (secondary N) is 1. The Morgan fingerprint density at radius 1 is 0.966 bits per heavy atom. The lowest BCUT2D eigenvalue weighted by molar-refractivity contribution is 0.195. The Kier molecular flexibility index (Phi) is 4.84. The van der Waals surface area contributed by atoms with E-state index in [1.807, 2.05) is 58.7 Å². The van der Waals surface area contributed by atoms with E-state index in [9.17, 15) is 9.18 Å². The summed E-state index contributed by atoms with van der Waals surface area (Å²) in [4.78, 5) is 17.9. The van der Waals surface area contributed by atoms with E-state index in [4.69, 9.17) is 0 Å². The van der Waals surface area contributed by atoms with E-state index < -0.39 is 0 Å². The molecule has 0 bridgehead atoms. The van der Waals surface area contributed by atoms with Gasteiger partial charge in [0.2, 0.25) is 0 Å². The molecule has 2 heterocycles. The lowest BCUT2D eigenvalue weighted by Crippen LogP contribution is -2.42. The summed E-state index contributed by atoms with van der Waals surface area (Å²) >= 11 is 1.86. The van der Waals surface area contributed by atoms with E-state index in [0.29, 0.717) is 6.54 Å². The van der Waals surface area contributed by atoms with Crippen LogP contribution in [-0.4, -0.2) is 17.5 Å². The predicted molar refractivity (Wildman–Crippen MR) is 115 cm³/mol. The minimum absolute atomic E-state index is 0.109. The quantitative estimate of drug-likeness (QED) is 0.561. The first-order valence-electron chi connectivity index (χ1n) is 10.2. The fourth-order valence-corrected chi connectivity index (χ4v) is 6.15. The molecule has 1 aliphatic heterocycles. The summed E-state index contributed by atoms with van der Waals surface area (Å²) in [5.41, 5.74) is 4.70. The third kappa shape index (κ3) is 3.44. The Labute approximate surface area is 174 Å². The second-order valence-corrected chi connectivity index (χ2v) is 8.88. The van der Waals surface area contributed by atoms with Gasteiger partial charge in [-0.1, -0.05) is 30.3 Å². The lowest BCUT2D eigenvalue weighted by Gasteiger charge is -2.36. The van der Waals surface area contributed by atoms with Crippen LogP contribution in [0.25, 0.3) is 0 Å². The van der Waals surface area contributed by atoms with Crippen molar-refractivity contribution in [3.05, 3.63) is 86.9 Å². The maximum Gasteiger partial charge on any atom is 0.322 e. The van der Waals surface area contributed by atoms with E-state index >= 15 is 0 Å². The lowest BCUT2D eigenvalue weighted by atomic mass is 9.88. The minimum Gasteiger partial charge on any atom is -0.312 e. The summed E-state index contributed by atoms with van der Waals surface area (Å²) in [6.07, 6.45) is 5.66. The van der Waals surface area contributed by atoms with E-state index in [0.717, 1.165) is 30.5 Å². The van der Waals surface area contributed by atoms with Crippen molar-refractivity contribution in [2.75, 3.05) is 11.9 Å². The first-order chi connectivity index (χ1) is 14.2. The molecule has 0 radical (unpaired) electrons. The minimum atomic E-state index is -0.254. The molecule has 148 valence electrons. The molecule has 1 aliphatic carbocycles. The second-order valence-electron chi connectivity index (χ2n) is 7.75. The number of anilines is 1. The molecule has 0 saturated carbocycles. The number of amides is 2. The molecule has 2 amide bonds. The smallest absolute Gasteiger partial charge is 0.312 e. The summed E-state index contributed by atoms with van der Waals surface area (Å²) in [5.74, 6) is -0.254. The molecule has 5 rings (SSSR count). The molecule has 0 saturated heterocycles. The van der Waals surface area contributed by atoms with Gasteiger partial charge < -0.3 is 10.2 Å². The summed E-state index contributed by atoms with van der Waals surface area (Å²) in [5, 5.41) is 3.03. The van der Waals surface area contributed by atoms with Gasteiger partial charge >= 0.3 is 6.03 Å². The van der Waals surface area contributed by atoms with Crippen LogP contribution in [0.4, 0.5) is 14.9 Å². The zero-order chi connectivity index (χ0) is 19.8. The summed E-state index contributed by atoms with van der Waals surface area (Å²) in [7, 11) is 0. The van der Waals surface area contributed by atoms with Crippen molar-refractivity contribution in [1.29, 1.82) is 0 Å². The van der Waals surface area contributed by atoms with Crippen LogP contribution < -0.4 is 5.32 Å². The molecular weight excluding hydrogens is 383 g/mol. The molecule has 3 aromatic rings. The number of hydrogen-bond donors (Lipinski definition) is 1. The fourth-order valence-electron chi connectivity index (χ4n) is 4.56. The second kappa shape index (κ2) is 7.64. The number of fused-ring (bicyclic) bond motifs is 3. The van der Waals surface area contributed by atoms with Crippen LogP contribution in [0, 0.1) is 5.82 Å². The Balaban J connectivity index is 1.55. The van der Waals surface area contributed by atoms with Gasteiger partial charge in [-0.2, -0.15) is 0 Å². The molecule has 1 N–H and O–H groups in total. The molecular formula is C24H23FN2OS. The van der Waals surface area contributed by atoms with Crippen molar-refractivity contribution in [2.45, 2.75) is 38.1 Å². The molecule has 1 atom stereocenters. The number of carbonyl (C=O) groups excluding carboxylic acids is 1. The van der Waals surface area contributed by atoms with Crippen molar-refractivity contribution in [1.82, 2.24) is 4.90 Å². The van der Waals surface area contributed by atoms with Crippen LogP contribution in [0.5, 0.6) is 0 Å². The van der Waals surface area contributed by atoms with Gasteiger partial charge in [-0.25, -0.2) is 9.18 Å². The highest BCUT2D eigenvalue weighted by Crippen LogP contribution is 2.45. The SMILES string of the molecule is O=C(Nc1ccccc1)N1CCc2c(sc3c2CCCC3)C1c1ccc(F)cc1. The zero-order valence-electron chi connectivity index (χ0n) is 16.2. The molecule has 1 unspecified atom stereocenters. The number of nitrogens with zero attached hydrogens (tertiary/aromatic N) is 1. The molecule has 5 heteroatoms. The topological polar surface area (TPSA) is 32.3 Å². The third-order valence-corrected chi connectivity index (χ3v) is 7.33. The standard InChI is InChI=1S/C24H23FN2OS/c25-17-12-10-16(11-13-17)22-23-20(19-8-4-5-9-21(19)29-23)14-15-27(22)24(28)26-18-6-2-1-3-7-18/h1-3,6-7,10-13,22H,4-5,8-9,14-15H2,(H,26,28). The highest BCUT2D eigenvalue weighted by molar-refractivity contribution is 7.12. The molecule has 3 nitrogen and oxygen atoms in total. The largest absolute Gasteiger partial charge is 0.322 e. The van der Waals surface area contributed by atoms with Gasteiger partial charge in [0.05, 0.1) is 6.04 Å². The number of rotatable bonds is 2. The summed E-state index contributed by atoms with van der Waals surface area (Å²) in [6, 6.07) is 15.9. The Bertz CT molecular complexity index is 1030. The van der Waals surface area contributed by atoms with Gasteiger partial charge in [0, 0.05) is 22.0 Å². The number of hydrogen-bond acceptors (Lipinski definition) is 2. The van der Waals surface area contributed by atoms with Crippen molar-refractivity contribution in [3.8, 4) is 0 Å². The van der Waals surface area contributed by atoms with Crippen molar-refractivity contribution in [3.63, 3.8) is 0 Å². The van der Waals surface area contributed by atoms with Gasteiger partial charge in [0.1, 0.15) is 5.82 Å². The van der Waals surface area contributed by atoms with Crippen molar-refractivity contribution >= 4 is 23.1 Å². The van der Waals surface area contributed by atoms with E-state index in [2.05, 4.69) is 5.32 Å². The number of carbonyl (C=O) groups is 1. The number of benzene rings is 2. The number of urea groups is 1. The first kappa shape index (κ1) is 18.4. The van der Waals surface area contributed by atoms with Crippen LogP contribution in [0.15, 0.2) is 54.6 Å². The number of para-hydroxylation sites is 1. The Morgan fingerprint density at radius 3 is 2.52 bits per heavy atom. The monoisotopic (exact) mass is 406 g/mol. The van der Waals surface area contributed by atoms with E-state index in [-0.39, 0.29) is 17.9 Å². The van der Waals surface area contributed by atoms with E-state index in [1.54, 1.807) is 0 Å². The molecule has 0 spiro atoms. The normalized spacial score (nSPS) is 18.1. The highest BCUT2D eigenvalue weighted by Gasteiger charge is 2.36. The van der Waals surface area contributed by atoms with E-state index in [1.165, 1.54) is 45.9 Å². The molecule has 2 aromatic carbocycles. The highest BCUT2D eigenvalue weighted by atomic mass is 32.1. The van der Waals surface area contributed by atoms with Gasteiger partial charge in [0.15, 0.2) is 0 Å². The van der Waals surface area contributed by atoms with Crippen LogP contribution in [0.1, 0.15) is 45.3 Å². The maximum absolute atomic E-state index is 13.6. The average Bonchev–Trinajstić information content (AvgIpc) is 3.13. The molecule has 1 aromatic heterocycles. The van der Waals surface area contributed by atoms with Gasteiger partial charge in [-0.05, 0) is 73.1 Å². The number of aryl methyl sites for hydroxylation is 1. The summed E-state index contributed by atoms with van der Waals surface area (Å²) in [6.45, 7) is 0.664. The Morgan fingerprint density at radius 2 is 1.72 bits per heavy atom. The third-order valence-electron chi connectivity index (χ3n) is 5.95. The van der Waals surface area contributed by atoms with Crippen LogP contribution in [0.2, 0.25) is 0 Å². The maximum atomic E-state index is 13.6. The fraction of sp³-hybridized carbons (Fsp3) is 0.292. The van der Waals surface area contributed by atoms with Crippen LogP contribution in [-0.2, 0) is 19.3 Å². The van der Waals surface area contributed by atoms with Crippen molar-refractivity contribution < 1.29 is 9.18 Å². The zero-order valence-corrected chi connectivity index (χ0v) is 17.0. The molecule has 29 heavy (non-hydrogen) atoms. The van der Waals surface area contributed by atoms with Gasteiger partial charge in [0.25, 0.3) is 0 Å². The van der Waals surface area contributed by atoms with Gasteiger partial charge in [-0.15, -0.1) is 11.3 Å². The Hall–Kier alpha value is -2.66. The van der Waals surface area contributed by atoms with Crippen molar-refractivity contribution in [2.24, 2.45) is 0 Å². The molecule has 2 aliphatic rings. The molecule has 0 fully saturated rings. The number of halogens is 1. The van der Waals surface area contributed by atoms with Crippen LogP contribution >= 0.6 is 11.3 Å². The predicted octanol–water partition coefficient (Wildman–Crippen LogP) is 5.95. The summed E-state index contributed by atoms with van der Waals surface area (Å²) < 4.78 is 13.6. The van der Waals surface area contributed by atoms with Crippen LogP contribution in [0.3, 0.4) is 0 Å². The number of thiophene rings is 1. The van der Waals surface area contributed by atoms with Gasteiger partial charge in [-0.3, -0.25) is 0 Å².